The van der Waals surface area contributed by atoms with E-state index in [2.05, 4.69) is 15.5 Å². The van der Waals surface area contributed by atoms with Gasteiger partial charge in [-0.25, -0.2) is 4.39 Å². The summed E-state index contributed by atoms with van der Waals surface area (Å²) in [5.41, 5.74) is 16.5. The summed E-state index contributed by atoms with van der Waals surface area (Å²) in [6, 6.07) is 8.20. The molecule has 0 aliphatic heterocycles. The fourth-order valence-corrected chi connectivity index (χ4v) is 3.69. The van der Waals surface area contributed by atoms with E-state index in [9.17, 15) is 10.1 Å². The maximum absolute atomic E-state index is 15.3. The van der Waals surface area contributed by atoms with Crippen LogP contribution in [0.2, 0.25) is 5.02 Å². The molecule has 0 aromatic heterocycles. The predicted octanol–water partition coefficient (Wildman–Crippen LogP) is 3.01. The van der Waals surface area contributed by atoms with Gasteiger partial charge in [0.05, 0.1) is 28.1 Å². The van der Waals surface area contributed by atoms with Gasteiger partial charge in [-0.3, -0.25) is 9.79 Å². The molecular formula is C24H24ClFN6O2. The SMILES string of the molecule is CN=C(/C(=C\N)c1ccc(C=O)c(/C(CN)=N\NC)c1)c1c(F)c(Cl)cc(OC2CC2)c1C#N. The molecule has 0 amide bonds. The Hall–Kier alpha value is -3.74. The van der Waals surface area contributed by atoms with E-state index in [4.69, 9.17) is 27.8 Å². The quantitative estimate of drug-likeness (QED) is 0.285. The maximum Gasteiger partial charge on any atom is 0.152 e. The number of benzene rings is 2. The van der Waals surface area contributed by atoms with Crippen molar-refractivity contribution >= 4 is 34.9 Å². The number of aliphatic imine (C=N–C) groups is 1. The van der Waals surface area contributed by atoms with Crippen molar-refractivity contribution in [3.05, 3.63) is 69.1 Å². The van der Waals surface area contributed by atoms with Crippen molar-refractivity contribution in [2.75, 3.05) is 20.6 Å². The Labute approximate surface area is 201 Å². The molecule has 2 aromatic carbocycles. The van der Waals surface area contributed by atoms with E-state index in [0.29, 0.717) is 34.3 Å². The minimum Gasteiger partial charge on any atom is -0.489 e. The van der Waals surface area contributed by atoms with Crippen LogP contribution in [0, 0.1) is 17.1 Å². The lowest BCUT2D eigenvalue weighted by atomic mass is 9.90. The number of nitrogens with two attached hydrogens (primary N) is 2. The summed E-state index contributed by atoms with van der Waals surface area (Å²) in [5, 5.41) is 13.8. The Kier molecular flexibility index (Phi) is 7.99. The lowest BCUT2D eigenvalue weighted by molar-refractivity contribution is 0.112. The number of nitrogens with one attached hydrogen (secondary N) is 1. The number of halogens is 2. The second kappa shape index (κ2) is 10.9. The normalized spacial score (nSPS) is 14.5. The van der Waals surface area contributed by atoms with Crippen molar-refractivity contribution in [1.29, 1.82) is 5.26 Å². The van der Waals surface area contributed by atoms with Crippen molar-refractivity contribution in [3.8, 4) is 11.8 Å². The molecule has 0 radical (unpaired) electrons. The Morgan fingerprint density at radius 2 is 2.15 bits per heavy atom. The van der Waals surface area contributed by atoms with Crippen LogP contribution in [0.1, 0.15) is 45.5 Å². The summed E-state index contributed by atoms with van der Waals surface area (Å²) in [5.74, 6) is -0.627. The topological polar surface area (TPSA) is 139 Å². The van der Waals surface area contributed by atoms with Crippen LogP contribution in [0.15, 0.2) is 40.6 Å². The predicted molar refractivity (Wildman–Crippen MR) is 131 cm³/mol. The first-order valence-corrected chi connectivity index (χ1v) is 10.8. The zero-order valence-corrected chi connectivity index (χ0v) is 19.5. The van der Waals surface area contributed by atoms with Gasteiger partial charge in [-0.1, -0.05) is 23.7 Å². The lowest BCUT2D eigenvalue weighted by Gasteiger charge is -2.18. The van der Waals surface area contributed by atoms with E-state index in [1.54, 1.807) is 25.2 Å². The monoisotopic (exact) mass is 482 g/mol. The van der Waals surface area contributed by atoms with Crippen LogP contribution < -0.4 is 21.6 Å². The highest BCUT2D eigenvalue weighted by atomic mass is 35.5. The third-order valence-electron chi connectivity index (χ3n) is 5.24. The van der Waals surface area contributed by atoms with E-state index in [1.165, 1.54) is 19.3 Å². The van der Waals surface area contributed by atoms with Crippen LogP contribution in [0.3, 0.4) is 0 Å². The lowest BCUT2D eigenvalue weighted by Crippen LogP contribution is -2.20. The standard InChI is InChI=1S/C24H24ClFN6O2/c1-30-24(22-18(10-28)21(34-15-5-6-15)8-19(25)23(22)26)17(9-27)13-3-4-14(12-33)16(7-13)20(11-29)32-31-2/h3-4,7-9,12,15,31H,5-6,11,27,29H2,1-2H3/b17-9-,30-24?,32-20-. The summed E-state index contributed by atoms with van der Waals surface area (Å²) in [4.78, 5) is 15.9. The molecule has 0 atom stereocenters. The first kappa shape index (κ1) is 24.9. The van der Waals surface area contributed by atoms with Crippen LogP contribution in [0.4, 0.5) is 4.39 Å². The molecule has 1 fully saturated rings. The van der Waals surface area contributed by atoms with Gasteiger partial charge in [0.25, 0.3) is 0 Å². The Morgan fingerprint density at radius 1 is 1.41 bits per heavy atom. The zero-order chi connectivity index (χ0) is 24.8. The van der Waals surface area contributed by atoms with Crippen molar-refractivity contribution in [3.63, 3.8) is 0 Å². The summed E-state index contributed by atoms with van der Waals surface area (Å²) in [7, 11) is 3.07. The number of carbonyl (C=O) groups is 1. The molecule has 5 N–H and O–H groups in total. The average molecular weight is 483 g/mol. The second-order valence-corrected chi connectivity index (χ2v) is 7.82. The highest BCUT2D eigenvalue weighted by molar-refractivity contribution is 6.35. The van der Waals surface area contributed by atoms with E-state index in [-0.39, 0.29) is 40.3 Å². The minimum atomic E-state index is -0.814. The van der Waals surface area contributed by atoms with E-state index in [1.807, 2.05) is 6.07 Å². The van der Waals surface area contributed by atoms with Crippen molar-refractivity contribution in [2.45, 2.75) is 18.9 Å². The molecule has 8 nitrogen and oxygen atoms in total. The Morgan fingerprint density at radius 3 is 2.68 bits per heavy atom. The van der Waals surface area contributed by atoms with Crippen molar-refractivity contribution in [1.82, 2.24) is 5.43 Å². The number of carbonyl (C=O) groups excluding carboxylic acids is 1. The van der Waals surface area contributed by atoms with Gasteiger partial charge in [-0.15, -0.1) is 0 Å². The molecule has 0 spiro atoms. The third kappa shape index (κ3) is 4.93. The summed E-state index contributed by atoms with van der Waals surface area (Å²) >= 11 is 6.16. The molecular weight excluding hydrogens is 459 g/mol. The first-order chi connectivity index (χ1) is 16.4. The van der Waals surface area contributed by atoms with Crippen molar-refractivity contribution in [2.24, 2.45) is 21.6 Å². The van der Waals surface area contributed by atoms with Crippen LogP contribution >= 0.6 is 11.6 Å². The average Bonchev–Trinajstić information content (AvgIpc) is 3.67. The van der Waals surface area contributed by atoms with Gasteiger partial charge < -0.3 is 21.6 Å². The third-order valence-corrected chi connectivity index (χ3v) is 5.51. The number of aldehydes is 1. The van der Waals surface area contributed by atoms with Crippen LogP contribution in [0.5, 0.6) is 5.75 Å². The first-order valence-electron chi connectivity index (χ1n) is 10.4. The number of ether oxygens (including phenoxy) is 1. The molecule has 3 rings (SSSR count). The largest absolute Gasteiger partial charge is 0.489 e. The maximum atomic E-state index is 15.3. The van der Waals surface area contributed by atoms with Crippen LogP contribution in [-0.4, -0.2) is 44.5 Å². The van der Waals surface area contributed by atoms with Gasteiger partial charge in [0.1, 0.15) is 17.4 Å². The van der Waals surface area contributed by atoms with E-state index >= 15 is 4.39 Å². The van der Waals surface area contributed by atoms with Gasteiger partial charge in [0.2, 0.25) is 0 Å². The smallest absolute Gasteiger partial charge is 0.152 e. The fraction of sp³-hybridized carbons (Fsp3) is 0.250. The van der Waals surface area contributed by atoms with Gasteiger partial charge >= 0.3 is 0 Å². The van der Waals surface area contributed by atoms with Gasteiger partial charge in [-0.05, 0) is 24.5 Å². The number of allylic oxidation sites excluding steroid dienone is 1. The Balaban J connectivity index is 2.21. The van der Waals surface area contributed by atoms with Crippen LogP contribution in [-0.2, 0) is 0 Å². The van der Waals surface area contributed by atoms with Gasteiger partial charge in [0.15, 0.2) is 12.1 Å². The van der Waals surface area contributed by atoms with Crippen molar-refractivity contribution < 1.29 is 13.9 Å². The number of nitriles is 1. The highest BCUT2D eigenvalue weighted by Crippen LogP contribution is 2.37. The molecule has 0 heterocycles. The zero-order valence-electron chi connectivity index (χ0n) is 18.7. The van der Waals surface area contributed by atoms with Gasteiger partial charge in [-0.2, -0.15) is 10.4 Å². The number of nitrogens with zero attached hydrogens (tertiary/aromatic N) is 3. The molecule has 176 valence electrons. The van der Waals surface area contributed by atoms with Crippen LogP contribution in [0.25, 0.3) is 5.57 Å². The van der Waals surface area contributed by atoms with E-state index in [0.717, 1.165) is 12.8 Å². The van der Waals surface area contributed by atoms with Gasteiger partial charge in [0, 0.05) is 49.6 Å². The highest BCUT2D eigenvalue weighted by Gasteiger charge is 2.29. The number of hydrogen-bond acceptors (Lipinski definition) is 8. The summed E-state index contributed by atoms with van der Waals surface area (Å²) < 4.78 is 21.1. The Bertz CT molecular complexity index is 1240. The number of rotatable bonds is 9. The summed E-state index contributed by atoms with van der Waals surface area (Å²) in [6.45, 7) is 0.0604. The molecule has 1 aliphatic rings. The summed E-state index contributed by atoms with van der Waals surface area (Å²) in [6.07, 6.45) is 3.60. The fourth-order valence-electron chi connectivity index (χ4n) is 3.50. The molecule has 1 aliphatic carbocycles. The molecule has 10 heteroatoms. The molecule has 2 aromatic rings. The molecule has 0 bridgehead atoms. The molecule has 0 saturated heterocycles. The molecule has 1 saturated carbocycles. The number of hydrazone groups is 1. The second-order valence-electron chi connectivity index (χ2n) is 7.41. The molecule has 34 heavy (non-hydrogen) atoms. The number of hydrogen-bond donors (Lipinski definition) is 3. The minimum absolute atomic E-state index is 0.0297. The molecule has 0 unspecified atom stereocenters. The van der Waals surface area contributed by atoms with E-state index < -0.39 is 5.82 Å².